The zero-order valence-electron chi connectivity index (χ0n) is 11.7. The van der Waals surface area contributed by atoms with Gasteiger partial charge in [0.05, 0.1) is 5.88 Å². The number of anilines is 1. The van der Waals surface area contributed by atoms with Gasteiger partial charge in [0, 0.05) is 36.9 Å². The van der Waals surface area contributed by atoms with Crippen LogP contribution in [0.5, 0.6) is 0 Å². The van der Waals surface area contributed by atoms with Crippen molar-refractivity contribution in [1.82, 2.24) is 9.88 Å². The van der Waals surface area contributed by atoms with Crippen molar-refractivity contribution in [3.8, 4) is 0 Å². The molecule has 1 atom stereocenters. The van der Waals surface area contributed by atoms with E-state index in [9.17, 15) is 0 Å². The first kappa shape index (κ1) is 13.6. The van der Waals surface area contributed by atoms with Crippen LogP contribution in [0.15, 0.2) is 6.07 Å². The third-order valence-corrected chi connectivity index (χ3v) is 4.11. The third kappa shape index (κ3) is 2.62. The van der Waals surface area contributed by atoms with Gasteiger partial charge >= 0.3 is 0 Å². The van der Waals surface area contributed by atoms with E-state index in [1.807, 2.05) is 6.92 Å². The first-order chi connectivity index (χ1) is 8.52. The Labute approximate surface area is 115 Å². The number of hydrogen-bond donors (Lipinski definition) is 0. The lowest BCUT2D eigenvalue weighted by molar-refractivity contribution is 0.233. The molecule has 0 N–H and O–H groups in total. The average Bonchev–Trinajstić information content (AvgIpc) is 2.32. The molecule has 1 aromatic heterocycles. The van der Waals surface area contributed by atoms with Crippen molar-refractivity contribution < 1.29 is 0 Å². The van der Waals surface area contributed by atoms with Gasteiger partial charge in [0.25, 0.3) is 0 Å². The number of pyridine rings is 1. The lowest BCUT2D eigenvalue weighted by atomic mass is 10.1. The van der Waals surface area contributed by atoms with Crippen LogP contribution >= 0.6 is 11.6 Å². The van der Waals surface area contributed by atoms with Gasteiger partial charge in [0.1, 0.15) is 5.82 Å². The topological polar surface area (TPSA) is 19.4 Å². The maximum atomic E-state index is 6.10. The molecule has 0 saturated carbocycles. The Morgan fingerprint density at radius 2 is 2.11 bits per heavy atom. The van der Waals surface area contributed by atoms with Crippen molar-refractivity contribution in [1.29, 1.82) is 0 Å². The first-order valence-corrected chi connectivity index (χ1v) is 7.04. The van der Waals surface area contributed by atoms with E-state index in [-0.39, 0.29) is 0 Å². The summed E-state index contributed by atoms with van der Waals surface area (Å²) >= 11 is 6.10. The van der Waals surface area contributed by atoms with Crippen LogP contribution in [0.3, 0.4) is 0 Å². The normalized spacial score (nSPS) is 21.4. The number of aryl methyl sites for hydroxylation is 2. The minimum atomic E-state index is 0.537. The average molecular weight is 268 g/mol. The molecule has 2 heterocycles. The fraction of sp³-hybridized carbons (Fsp3) is 0.643. The van der Waals surface area contributed by atoms with Gasteiger partial charge < -0.3 is 9.80 Å². The summed E-state index contributed by atoms with van der Waals surface area (Å²) in [6.07, 6.45) is 0. The molecule has 1 unspecified atom stereocenters. The summed E-state index contributed by atoms with van der Waals surface area (Å²) in [4.78, 5) is 9.48. The van der Waals surface area contributed by atoms with Gasteiger partial charge in [-0.1, -0.05) is 0 Å². The van der Waals surface area contributed by atoms with E-state index in [1.165, 1.54) is 11.1 Å². The maximum Gasteiger partial charge on any atom is 0.133 e. The molecule has 1 aromatic rings. The van der Waals surface area contributed by atoms with Crippen LogP contribution in [0.4, 0.5) is 5.82 Å². The quantitative estimate of drug-likeness (QED) is 0.768. The molecule has 4 heteroatoms. The van der Waals surface area contributed by atoms with Crippen LogP contribution in [0, 0.1) is 13.8 Å². The monoisotopic (exact) mass is 267 g/mol. The Morgan fingerprint density at radius 3 is 2.72 bits per heavy atom. The number of nitrogens with zero attached hydrogens (tertiary/aromatic N) is 3. The number of piperazine rings is 1. The largest absolute Gasteiger partial charge is 0.353 e. The highest BCUT2D eigenvalue weighted by Crippen LogP contribution is 2.26. The predicted octanol–water partition coefficient (Wildman–Crippen LogP) is 2.58. The number of alkyl halides is 1. The summed E-state index contributed by atoms with van der Waals surface area (Å²) < 4.78 is 0. The van der Waals surface area contributed by atoms with Crippen LogP contribution in [-0.2, 0) is 5.88 Å². The Balaban J connectivity index is 2.33. The minimum Gasteiger partial charge on any atom is -0.353 e. The highest BCUT2D eigenvalue weighted by atomic mass is 35.5. The van der Waals surface area contributed by atoms with E-state index in [0.717, 1.165) is 31.1 Å². The van der Waals surface area contributed by atoms with Gasteiger partial charge in [-0.25, -0.2) is 4.98 Å². The van der Waals surface area contributed by atoms with Gasteiger partial charge in [-0.3, -0.25) is 0 Å². The van der Waals surface area contributed by atoms with Crippen LogP contribution < -0.4 is 4.90 Å². The lowest BCUT2D eigenvalue weighted by Crippen LogP contribution is -2.50. The number of aromatic nitrogens is 1. The highest BCUT2D eigenvalue weighted by Gasteiger charge is 2.23. The molecule has 3 nitrogen and oxygen atoms in total. The molecule has 0 aromatic carbocycles. The Kier molecular flexibility index (Phi) is 4.13. The highest BCUT2D eigenvalue weighted by molar-refractivity contribution is 6.17. The van der Waals surface area contributed by atoms with E-state index < -0.39 is 0 Å². The van der Waals surface area contributed by atoms with E-state index in [4.69, 9.17) is 16.6 Å². The lowest BCUT2D eigenvalue weighted by Gasteiger charge is -2.39. The fourth-order valence-corrected chi connectivity index (χ4v) is 2.84. The van der Waals surface area contributed by atoms with Crippen molar-refractivity contribution in [2.75, 3.05) is 31.6 Å². The standard InChI is InChI=1S/C14H22ClN3/c1-10-7-11(2)16-14(13(10)8-15)18-6-5-17(4)12(3)9-18/h7,12H,5-6,8-9H2,1-4H3. The van der Waals surface area contributed by atoms with E-state index in [0.29, 0.717) is 11.9 Å². The molecule has 0 amide bonds. The van der Waals surface area contributed by atoms with Crippen LogP contribution in [0.1, 0.15) is 23.7 Å². The third-order valence-electron chi connectivity index (χ3n) is 3.85. The molecule has 0 spiro atoms. The molecule has 0 bridgehead atoms. The second-order valence-corrected chi connectivity index (χ2v) is 5.56. The summed E-state index contributed by atoms with van der Waals surface area (Å²) in [6, 6.07) is 2.67. The minimum absolute atomic E-state index is 0.537. The maximum absolute atomic E-state index is 6.10. The molecule has 18 heavy (non-hydrogen) atoms. The smallest absolute Gasteiger partial charge is 0.133 e. The SMILES string of the molecule is Cc1cc(C)c(CCl)c(N2CCN(C)C(C)C2)n1. The molecule has 1 aliphatic rings. The van der Waals surface area contributed by atoms with Gasteiger partial charge in [0.2, 0.25) is 0 Å². The zero-order valence-corrected chi connectivity index (χ0v) is 12.5. The van der Waals surface area contributed by atoms with Gasteiger partial charge in [-0.2, -0.15) is 0 Å². The van der Waals surface area contributed by atoms with E-state index in [2.05, 4.69) is 36.8 Å². The van der Waals surface area contributed by atoms with Gasteiger partial charge in [-0.15, -0.1) is 11.6 Å². The zero-order chi connectivity index (χ0) is 13.3. The van der Waals surface area contributed by atoms with Crippen molar-refractivity contribution in [3.63, 3.8) is 0 Å². The molecule has 100 valence electrons. The summed E-state index contributed by atoms with van der Waals surface area (Å²) in [5.41, 5.74) is 3.50. The summed E-state index contributed by atoms with van der Waals surface area (Å²) in [5.74, 6) is 1.62. The van der Waals surface area contributed by atoms with Crippen molar-refractivity contribution in [3.05, 3.63) is 22.9 Å². The van der Waals surface area contributed by atoms with E-state index in [1.54, 1.807) is 0 Å². The predicted molar refractivity (Wildman–Crippen MR) is 77.6 cm³/mol. The molecule has 0 radical (unpaired) electrons. The summed E-state index contributed by atoms with van der Waals surface area (Å²) in [6.45, 7) is 9.56. The number of rotatable bonds is 2. The molecular formula is C14H22ClN3. The van der Waals surface area contributed by atoms with E-state index >= 15 is 0 Å². The molecule has 1 fully saturated rings. The second-order valence-electron chi connectivity index (χ2n) is 5.29. The van der Waals surface area contributed by atoms with Crippen molar-refractivity contribution in [2.45, 2.75) is 32.7 Å². The second kappa shape index (κ2) is 5.45. The summed E-state index contributed by atoms with van der Waals surface area (Å²) in [5, 5.41) is 0. The molecule has 0 aliphatic carbocycles. The Bertz CT molecular complexity index is 433. The molecule has 1 saturated heterocycles. The van der Waals surface area contributed by atoms with Crippen molar-refractivity contribution >= 4 is 17.4 Å². The molecule has 1 aliphatic heterocycles. The van der Waals surface area contributed by atoms with Gasteiger partial charge in [0.15, 0.2) is 0 Å². The van der Waals surface area contributed by atoms with Crippen LogP contribution in [-0.4, -0.2) is 42.6 Å². The fourth-order valence-electron chi connectivity index (χ4n) is 2.51. The van der Waals surface area contributed by atoms with Crippen LogP contribution in [0.25, 0.3) is 0 Å². The molecule has 2 rings (SSSR count). The number of hydrogen-bond acceptors (Lipinski definition) is 3. The Morgan fingerprint density at radius 1 is 1.39 bits per heavy atom. The number of halogens is 1. The molecular weight excluding hydrogens is 246 g/mol. The summed E-state index contributed by atoms with van der Waals surface area (Å²) in [7, 11) is 2.18. The Hall–Kier alpha value is -0.800. The van der Waals surface area contributed by atoms with Gasteiger partial charge in [-0.05, 0) is 39.4 Å². The van der Waals surface area contributed by atoms with Crippen molar-refractivity contribution in [2.24, 2.45) is 0 Å². The number of likely N-dealkylation sites (N-methyl/N-ethyl adjacent to an activating group) is 1. The first-order valence-electron chi connectivity index (χ1n) is 6.51. The van der Waals surface area contributed by atoms with Crippen LogP contribution in [0.2, 0.25) is 0 Å².